The average Bonchev–Trinajstić information content (AvgIpc) is 3.32. The molecule has 1 heterocycles. The molecule has 0 radical (unpaired) electrons. The first-order valence-electron chi connectivity index (χ1n) is 7.46. The molecule has 0 saturated heterocycles. The summed E-state index contributed by atoms with van der Waals surface area (Å²) in [4.78, 5) is 16.1. The number of anilines is 1. The SMILES string of the molecule is C[C@H](CO)Cc1ccc2cc(NC(=O)C3CC3)ncc2c1. The van der Waals surface area contributed by atoms with E-state index in [4.69, 9.17) is 5.11 Å². The minimum absolute atomic E-state index is 0.0789. The van der Waals surface area contributed by atoms with E-state index in [1.54, 1.807) is 6.20 Å². The van der Waals surface area contributed by atoms with Crippen molar-refractivity contribution in [3.8, 4) is 0 Å². The van der Waals surface area contributed by atoms with Gasteiger partial charge in [-0.15, -0.1) is 0 Å². The normalized spacial score (nSPS) is 15.9. The van der Waals surface area contributed by atoms with Crippen LogP contribution in [-0.2, 0) is 11.2 Å². The molecule has 1 aliphatic carbocycles. The number of benzene rings is 1. The highest BCUT2D eigenvalue weighted by Crippen LogP contribution is 2.30. The number of aliphatic hydroxyl groups excluding tert-OH is 1. The van der Waals surface area contributed by atoms with Gasteiger partial charge >= 0.3 is 0 Å². The topological polar surface area (TPSA) is 62.2 Å². The lowest BCUT2D eigenvalue weighted by Crippen LogP contribution is -2.14. The first-order valence-corrected chi connectivity index (χ1v) is 7.46. The highest BCUT2D eigenvalue weighted by Gasteiger charge is 2.29. The van der Waals surface area contributed by atoms with Crippen LogP contribution in [0.1, 0.15) is 25.3 Å². The Morgan fingerprint density at radius 3 is 2.90 bits per heavy atom. The third-order valence-electron chi connectivity index (χ3n) is 3.88. The summed E-state index contributed by atoms with van der Waals surface area (Å²) in [5.41, 5.74) is 1.20. The van der Waals surface area contributed by atoms with Crippen LogP contribution in [0.15, 0.2) is 30.5 Å². The van der Waals surface area contributed by atoms with Gasteiger partial charge in [0.05, 0.1) is 0 Å². The Kier molecular flexibility index (Phi) is 3.88. The summed E-state index contributed by atoms with van der Waals surface area (Å²) in [6.45, 7) is 2.22. The monoisotopic (exact) mass is 284 g/mol. The lowest BCUT2D eigenvalue weighted by Gasteiger charge is -2.09. The fourth-order valence-corrected chi connectivity index (χ4v) is 2.43. The molecule has 4 nitrogen and oxygen atoms in total. The molecule has 1 saturated carbocycles. The van der Waals surface area contributed by atoms with E-state index >= 15 is 0 Å². The summed E-state index contributed by atoms with van der Waals surface area (Å²) in [5.74, 6) is 1.14. The molecule has 0 bridgehead atoms. The maximum Gasteiger partial charge on any atom is 0.228 e. The van der Waals surface area contributed by atoms with Crippen molar-refractivity contribution in [3.63, 3.8) is 0 Å². The van der Waals surface area contributed by atoms with Crippen molar-refractivity contribution in [1.82, 2.24) is 4.98 Å². The highest BCUT2D eigenvalue weighted by molar-refractivity contribution is 5.95. The van der Waals surface area contributed by atoms with E-state index in [1.165, 1.54) is 5.56 Å². The number of hydrogen-bond donors (Lipinski definition) is 2. The predicted molar refractivity (Wildman–Crippen MR) is 83.1 cm³/mol. The molecule has 21 heavy (non-hydrogen) atoms. The third-order valence-corrected chi connectivity index (χ3v) is 3.88. The number of pyridine rings is 1. The van der Waals surface area contributed by atoms with Crippen LogP contribution in [0.25, 0.3) is 10.8 Å². The number of hydrogen-bond acceptors (Lipinski definition) is 3. The van der Waals surface area contributed by atoms with Crippen molar-refractivity contribution in [2.75, 3.05) is 11.9 Å². The van der Waals surface area contributed by atoms with E-state index in [-0.39, 0.29) is 24.3 Å². The zero-order chi connectivity index (χ0) is 14.8. The van der Waals surface area contributed by atoms with Gasteiger partial charge in [-0.25, -0.2) is 4.98 Å². The molecule has 0 spiro atoms. The molecule has 2 aromatic rings. The van der Waals surface area contributed by atoms with Gasteiger partial charge < -0.3 is 10.4 Å². The van der Waals surface area contributed by atoms with Gasteiger partial charge in [0.25, 0.3) is 0 Å². The maximum absolute atomic E-state index is 11.7. The number of nitrogens with zero attached hydrogens (tertiary/aromatic N) is 1. The fourth-order valence-electron chi connectivity index (χ4n) is 2.43. The number of aromatic nitrogens is 1. The quantitative estimate of drug-likeness (QED) is 0.887. The van der Waals surface area contributed by atoms with Crippen molar-refractivity contribution in [3.05, 3.63) is 36.0 Å². The van der Waals surface area contributed by atoms with Crippen LogP contribution >= 0.6 is 0 Å². The van der Waals surface area contributed by atoms with Crippen molar-refractivity contribution < 1.29 is 9.90 Å². The summed E-state index contributed by atoms with van der Waals surface area (Å²) < 4.78 is 0. The second kappa shape index (κ2) is 5.82. The summed E-state index contributed by atoms with van der Waals surface area (Å²) in [6.07, 6.45) is 4.63. The van der Waals surface area contributed by atoms with Crippen molar-refractivity contribution in [2.45, 2.75) is 26.2 Å². The van der Waals surface area contributed by atoms with E-state index in [2.05, 4.69) is 22.4 Å². The molecular weight excluding hydrogens is 264 g/mol. The van der Waals surface area contributed by atoms with Crippen LogP contribution in [0, 0.1) is 11.8 Å². The molecule has 1 fully saturated rings. The number of aliphatic hydroxyl groups is 1. The van der Waals surface area contributed by atoms with E-state index in [0.717, 1.165) is 30.0 Å². The van der Waals surface area contributed by atoms with Crippen LogP contribution in [0.4, 0.5) is 5.82 Å². The first-order chi connectivity index (χ1) is 10.2. The molecule has 1 amide bonds. The summed E-state index contributed by atoms with van der Waals surface area (Å²) in [5, 5.41) is 14.1. The number of fused-ring (bicyclic) bond motifs is 1. The Morgan fingerprint density at radius 1 is 1.38 bits per heavy atom. The molecule has 1 aromatic heterocycles. The van der Waals surface area contributed by atoms with Gasteiger partial charge in [-0.1, -0.05) is 19.1 Å². The lowest BCUT2D eigenvalue weighted by molar-refractivity contribution is -0.117. The van der Waals surface area contributed by atoms with Crippen LogP contribution in [0.5, 0.6) is 0 Å². The summed E-state index contributed by atoms with van der Waals surface area (Å²) >= 11 is 0. The minimum atomic E-state index is 0.0789. The number of rotatable bonds is 5. The number of carbonyl (C=O) groups is 1. The molecule has 4 heteroatoms. The molecule has 3 rings (SSSR count). The van der Waals surface area contributed by atoms with E-state index in [1.807, 2.05) is 19.1 Å². The van der Waals surface area contributed by atoms with Crippen molar-refractivity contribution in [2.24, 2.45) is 11.8 Å². The standard InChI is InChI=1S/C17H20N2O2/c1-11(10-20)6-12-2-3-14-8-16(18-9-15(14)7-12)19-17(21)13-4-5-13/h2-3,7-9,11,13,20H,4-6,10H2,1H3,(H,18,19,21)/t11-/m0/s1. The Hall–Kier alpha value is -1.94. The Labute approximate surface area is 124 Å². The fraction of sp³-hybridized carbons (Fsp3) is 0.412. The summed E-state index contributed by atoms with van der Waals surface area (Å²) in [7, 11) is 0. The van der Waals surface area contributed by atoms with Crippen molar-refractivity contribution >= 4 is 22.5 Å². The smallest absolute Gasteiger partial charge is 0.228 e. The summed E-state index contributed by atoms with van der Waals surface area (Å²) in [6, 6.07) is 8.13. The molecule has 0 unspecified atom stereocenters. The van der Waals surface area contributed by atoms with Crippen LogP contribution in [0.3, 0.4) is 0 Å². The van der Waals surface area contributed by atoms with Gasteiger partial charge in [-0.3, -0.25) is 4.79 Å². The van der Waals surface area contributed by atoms with E-state index < -0.39 is 0 Å². The molecule has 1 aromatic carbocycles. The molecule has 110 valence electrons. The highest BCUT2D eigenvalue weighted by atomic mass is 16.3. The molecule has 0 aliphatic heterocycles. The minimum Gasteiger partial charge on any atom is -0.396 e. The van der Waals surface area contributed by atoms with E-state index in [9.17, 15) is 4.79 Å². The number of nitrogens with one attached hydrogen (secondary N) is 1. The van der Waals surface area contributed by atoms with Crippen molar-refractivity contribution in [1.29, 1.82) is 0 Å². The van der Waals surface area contributed by atoms with Crippen LogP contribution < -0.4 is 5.32 Å². The number of carbonyl (C=O) groups excluding carboxylic acids is 1. The Morgan fingerprint density at radius 2 is 2.19 bits per heavy atom. The van der Waals surface area contributed by atoms with Gasteiger partial charge in [0.1, 0.15) is 5.82 Å². The molecular formula is C17H20N2O2. The lowest BCUT2D eigenvalue weighted by atomic mass is 10.00. The zero-order valence-electron chi connectivity index (χ0n) is 12.2. The van der Waals surface area contributed by atoms with Crippen LogP contribution in [-0.4, -0.2) is 22.6 Å². The Balaban J connectivity index is 1.78. The Bertz CT molecular complexity index is 665. The first kappa shape index (κ1) is 14.0. The third kappa shape index (κ3) is 3.39. The molecule has 1 atom stereocenters. The maximum atomic E-state index is 11.7. The van der Waals surface area contributed by atoms with Gasteiger partial charge in [-0.2, -0.15) is 0 Å². The van der Waals surface area contributed by atoms with E-state index in [0.29, 0.717) is 5.82 Å². The van der Waals surface area contributed by atoms with Gasteiger partial charge in [0.15, 0.2) is 0 Å². The molecule has 1 aliphatic rings. The van der Waals surface area contributed by atoms with Crippen LogP contribution in [0.2, 0.25) is 0 Å². The second-order valence-electron chi connectivity index (χ2n) is 6.01. The van der Waals surface area contributed by atoms with Gasteiger partial charge in [0, 0.05) is 24.1 Å². The second-order valence-corrected chi connectivity index (χ2v) is 6.01. The predicted octanol–water partition coefficient (Wildman–Crippen LogP) is 2.75. The zero-order valence-corrected chi connectivity index (χ0v) is 12.2. The molecule has 2 N–H and O–H groups in total. The number of amides is 1. The van der Waals surface area contributed by atoms with Gasteiger partial charge in [0.2, 0.25) is 5.91 Å². The van der Waals surface area contributed by atoms with Gasteiger partial charge in [-0.05, 0) is 48.3 Å². The average molecular weight is 284 g/mol. The largest absolute Gasteiger partial charge is 0.396 e.